The molecule has 0 aliphatic carbocycles. The fourth-order valence-electron chi connectivity index (χ4n) is 0.856. The highest BCUT2D eigenvalue weighted by Crippen LogP contribution is 1.99. The first kappa shape index (κ1) is 13.6. The highest BCUT2D eigenvalue weighted by atomic mass is 79.9. The van der Waals surface area contributed by atoms with E-state index in [2.05, 4.69) is 24.1 Å². The van der Waals surface area contributed by atoms with Crippen molar-refractivity contribution in [2.45, 2.75) is 35.8 Å². The summed E-state index contributed by atoms with van der Waals surface area (Å²) in [5, 5.41) is 2.38. The Labute approximate surface area is 85.0 Å². The van der Waals surface area contributed by atoms with Crippen molar-refractivity contribution in [2.75, 3.05) is 0 Å². The van der Waals surface area contributed by atoms with Crippen LogP contribution in [-0.2, 0) is 0 Å². The summed E-state index contributed by atoms with van der Waals surface area (Å²) in [6, 6.07) is 0. The third-order valence-electron chi connectivity index (χ3n) is 1.46. The number of rotatable bonds is 5. The monoisotopic (exact) mass is 216 g/mol. The average Bonchev–Trinajstić information content (AvgIpc) is 1.89. The van der Waals surface area contributed by atoms with Crippen LogP contribution in [0.3, 0.4) is 0 Å². The molecule has 0 rings (SSSR count). The summed E-state index contributed by atoms with van der Waals surface area (Å²) < 4.78 is 1.54. The van der Waals surface area contributed by atoms with Crippen LogP contribution in [-0.4, -0.2) is 20.4 Å². The Morgan fingerprint density at radius 3 is 2.50 bits per heavy atom. The molecule has 0 fully saturated rings. The van der Waals surface area contributed by atoms with Gasteiger partial charge in [0.15, 0.2) is 0 Å². The van der Waals surface area contributed by atoms with Gasteiger partial charge in [-0.3, -0.25) is 0 Å². The van der Waals surface area contributed by atoms with E-state index in [0.717, 1.165) is 0 Å². The Morgan fingerprint density at radius 2 is 2.00 bits per heavy atom. The molecule has 2 heteroatoms. The van der Waals surface area contributed by atoms with Gasteiger partial charge in [-0.15, -0.1) is 21.5 Å². The van der Waals surface area contributed by atoms with E-state index >= 15 is 0 Å². The second-order valence-corrected chi connectivity index (χ2v) is 4.13. The number of hydrogen-bond acceptors (Lipinski definition) is 0. The zero-order valence-corrected chi connectivity index (χ0v) is 10.2. The Kier molecular flexibility index (Phi) is 17.2. The molecule has 0 radical (unpaired) electrons. The van der Waals surface area contributed by atoms with Crippen molar-refractivity contribution in [1.29, 1.82) is 0 Å². The van der Waals surface area contributed by atoms with Crippen LogP contribution in [0.25, 0.3) is 0 Å². The zero-order chi connectivity index (χ0) is 6.95. The number of unbranched alkanes of at least 4 members (excludes halogenated alkanes) is 2. The predicted molar refractivity (Wildman–Crippen MR) is 55.4 cm³/mol. The molecule has 0 aliphatic heterocycles. The molecule has 0 atom stereocenters. The van der Waals surface area contributed by atoms with Crippen LogP contribution >= 0.6 is 17.0 Å². The maximum atomic E-state index is 2.38. The lowest BCUT2D eigenvalue weighted by Gasteiger charge is -1.91. The summed E-state index contributed by atoms with van der Waals surface area (Å²) in [5.74, 6) is 0. The Morgan fingerprint density at radius 1 is 1.30 bits per heavy atom. The standard InChI is InChI=1S/C7H13.CH3.BrH.Mg/c1-3-5-7-6-4-2;;;/h4,6H,1,3,5,7H2,2H3;1H3;1H;. The number of allylic oxidation sites excluding steroid dienone is 2. The highest BCUT2D eigenvalue weighted by Gasteiger charge is 1.85. The normalized spacial score (nSPS) is 9.00. The van der Waals surface area contributed by atoms with Gasteiger partial charge in [-0.25, -0.2) is 0 Å². The quantitative estimate of drug-likeness (QED) is 0.376. The van der Waals surface area contributed by atoms with E-state index in [1.54, 1.807) is 0 Å². The fraction of sp³-hybridized carbons (Fsp3) is 0.750. The molecule has 10 heavy (non-hydrogen) atoms. The van der Waals surface area contributed by atoms with E-state index in [-0.39, 0.29) is 17.0 Å². The molecule has 0 heterocycles. The summed E-state index contributed by atoms with van der Waals surface area (Å²) in [5.41, 5.74) is 0. The lowest BCUT2D eigenvalue weighted by molar-refractivity contribution is 0.810. The topological polar surface area (TPSA) is 0 Å². The summed E-state index contributed by atoms with van der Waals surface area (Å²) >= 11 is 0.356. The van der Waals surface area contributed by atoms with Crippen molar-refractivity contribution in [3.63, 3.8) is 0 Å². The summed E-state index contributed by atoms with van der Waals surface area (Å²) in [4.78, 5) is 0. The zero-order valence-electron chi connectivity index (χ0n) is 7.10. The minimum atomic E-state index is 0. The van der Waals surface area contributed by atoms with Crippen LogP contribution in [0.1, 0.15) is 26.2 Å². The summed E-state index contributed by atoms with van der Waals surface area (Å²) in [6.07, 6.45) is 8.57. The highest BCUT2D eigenvalue weighted by molar-refractivity contribution is 8.93. The van der Waals surface area contributed by atoms with Gasteiger partial charge < -0.3 is 0 Å². The Balaban J connectivity index is 0. The molecule has 0 aromatic heterocycles. The molecule has 0 nitrogen and oxygen atoms in total. The molecule has 0 bridgehead atoms. The minimum Gasteiger partial charge on any atom is -0.157 e. The smallest absolute Gasteiger partial charge is 0.157 e. The van der Waals surface area contributed by atoms with Gasteiger partial charge in [0.2, 0.25) is 0 Å². The van der Waals surface area contributed by atoms with E-state index in [4.69, 9.17) is 0 Å². The number of halogens is 1. The molecule has 0 aliphatic rings. The first-order valence-corrected chi connectivity index (χ1v) is 6.44. The fourth-order valence-corrected chi connectivity index (χ4v) is 1.71. The van der Waals surface area contributed by atoms with Gasteiger partial charge in [-0.2, -0.15) is 5.05 Å². The van der Waals surface area contributed by atoms with Gasteiger partial charge in [0.05, 0.1) is 0 Å². The maximum absolute atomic E-state index is 2.38. The largest absolute Gasteiger partial charge is 0.360 e. The van der Waals surface area contributed by atoms with Crippen molar-refractivity contribution < 1.29 is 0 Å². The van der Waals surface area contributed by atoms with Crippen LogP contribution in [0.15, 0.2) is 12.2 Å². The molecule has 58 valence electrons. The van der Waals surface area contributed by atoms with Crippen molar-refractivity contribution in [1.82, 2.24) is 0 Å². The van der Waals surface area contributed by atoms with Crippen molar-refractivity contribution in [2.24, 2.45) is 0 Å². The van der Waals surface area contributed by atoms with Crippen LogP contribution in [0.5, 0.6) is 0 Å². The van der Waals surface area contributed by atoms with Gasteiger partial charge >= 0.3 is 20.4 Å². The van der Waals surface area contributed by atoms with E-state index in [0.29, 0.717) is 20.4 Å². The molecule has 0 N–H and O–H groups in total. The van der Waals surface area contributed by atoms with Crippen LogP contribution in [0, 0.1) is 0 Å². The van der Waals surface area contributed by atoms with E-state index in [9.17, 15) is 0 Å². The van der Waals surface area contributed by atoms with E-state index < -0.39 is 0 Å². The third kappa shape index (κ3) is 11.7. The molecule has 0 aromatic carbocycles. The first-order chi connectivity index (χ1) is 4.41. The Bertz CT molecular complexity index is 71.7. The molecule has 0 aromatic rings. The van der Waals surface area contributed by atoms with Gasteiger partial charge in [0.1, 0.15) is 0 Å². The van der Waals surface area contributed by atoms with Crippen LogP contribution in [0.2, 0.25) is 9.60 Å². The van der Waals surface area contributed by atoms with Crippen molar-refractivity contribution >= 4 is 37.3 Å². The molecule has 0 unspecified atom stereocenters. The first-order valence-electron chi connectivity index (χ1n) is 4.03. The predicted octanol–water partition coefficient (Wildman–Crippen LogP) is 3.48. The summed E-state index contributed by atoms with van der Waals surface area (Å²) in [7, 11) is 0. The Hall–Kier alpha value is 0.986. The molecule has 0 spiro atoms. The second-order valence-electron chi connectivity index (χ2n) is 2.42. The van der Waals surface area contributed by atoms with E-state index in [1.807, 2.05) is 0 Å². The van der Waals surface area contributed by atoms with Gasteiger partial charge in [0.25, 0.3) is 0 Å². The molecule has 0 amide bonds. The average molecular weight is 217 g/mol. The lowest BCUT2D eigenvalue weighted by Crippen LogP contribution is -1.79. The van der Waals surface area contributed by atoms with Gasteiger partial charge in [-0.1, -0.05) is 25.0 Å². The van der Waals surface area contributed by atoms with Crippen LogP contribution in [0.4, 0.5) is 0 Å². The molecular weight excluding hydrogens is 200 g/mol. The van der Waals surface area contributed by atoms with E-state index in [1.165, 1.54) is 23.8 Å². The second kappa shape index (κ2) is 12.6. The third-order valence-corrected chi connectivity index (χ3v) is 2.67. The molecular formula is C8H17BrMg. The van der Waals surface area contributed by atoms with Crippen molar-refractivity contribution in [3.8, 4) is 0 Å². The SMILES string of the molecule is Br.CC=CCCC[CH2][Mg][CH3]. The lowest BCUT2D eigenvalue weighted by atomic mass is 10.2. The summed E-state index contributed by atoms with van der Waals surface area (Å²) in [6.45, 7) is 2.09. The maximum Gasteiger partial charge on any atom is 0.360 e. The van der Waals surface area contributed by atoms with Gasteiger partial charge in [0, 0.05) is 0 Å². The van der Waals surface area contributed by atoms with Crippen molar-refractivity contribution in [3.05, 3.63) is 12.2 Å². The molecule has 0 saturated carbocycles. The van der Waals surface area contributed by atoms with Crippen LogP contribution < -0.4 is 0 Å². The minimum absolute atomic E-state index is 0. The van der Waals surface area contributed by atoms with Gasteiger partial charge in [-0.05, 0) is 13.3 Å². The molecule has 0 saturated heterocycles. The number of hydrogen-bond donors (Lipinski definition) is 0.